The maximum absolute atomic E-state index is 14.2. The van der Waals surface area contributed by atoms with E-state index in [-0.39, 0.29) is 30.3 Å². The number of hydrogen-bond donors (Lipinski definition) is 2. The van der Waals surface area contributed by atoms with Gasteiger partial charge in [0.2, 0.25) is 0 Å². The van der Waals surface area contributed by atoms with Gasteiger partial charge in [-0.3, -0.25) is 14.9 Å². The summed E-state index contributed by atoms with van der Waals surface area (Å²) in [5, 5.41) is 11.4. The number of hydrogen-bond acceptors (Lipinski definition) is 4. The topological polar surface area (TPSA) is 95.9 Å². The second-order valence-corrected chi connectivity index (χ2v) is 7.94. The van der Waals surface area contributed by atoms with Crippen LogP contribution >= 0.6 is 0 Å². The fourth-order valence-corrected chi connectivity index (χ4v) is 4.19. The van der Waals surface area contributed by atoms with Crippen molar-refractivity contribution >= 4 is 23.7 Å². The standard InChI is InChI=1S/C27H21FN2O5/c1-2-11-30(15-25(31)32)26(33)17-12-18(28)14-19(13-17)29-27(34)35-16-24-22-9-5-3-7-20(22)21-8-4-6-10-23(21)24/h1,3-10,12-14,24H,11,15-16H2,(H,29,34)(H,31,32). The number of anilines is 1. The molecule has 0 bridgehead atoms. The van der Waals surface area contributed by atoms with Gasteiger partial charge in [-0.2, -0.15) is 0 Å². The second kappa shape index (κ2) is 10.1. The number of amides is 2. The summed E-state index contributed by atoms with van der Waals surface area (Å²) in [7, 11) is 0. The number of nitrogens with zero attached hydrogens (tertiary/aromatic N) is 1. The van der Waals surface area contributed by atoms with E-state index in [4.69, 9.17) is 16.3 Å². The molecule has 3 aromatic carbocycles. The summed E-state index contributed by atoms with van der Waals surface area (Å²) in [6.45, 7) is -0.846. The smallest absolute Gasteiger partial charge is 0.411 e. The van der Waals surface area contributed by atoms with E-state index in [1.165, 1.54) is 6.07 Å². The quantitative estimate of drug-likeness (QED) is 0.499. The Labute approximate surface area is 201 Å². The Morgan fingerprint density at radius 3 is 2.26 bits per heavy atom. The Bertz CT molecular complexity index is 1300. The van der Waals surface area contributed by atoms with E-state index in [0.717, 1.165) is 39.3 Å². The fourth-order valence-electron chi connectivity index (χ4n) is 4.19. The number of carbonyl (C=O) groups is 3. The van der Waals surface area contributed by atoms with Crippen LogP contribution in [0.15, 0.2) is 66.7 Å². The molecule has 35 heavy (non-hydrogen) atoms. The van der Waals surface area contributed by atoms with Crippen molar-refractivity contribution in [2.24, 2.45) is 0 Å². The fraction of sp³-hybridized carbons (Fsp3) is 0.148. The highest BCUT2D eigenvalue weighted by atomic mass is 19.1. The predicted octanol–water partition coefficient (Wildman–Crippen LogP) is 4.35. The molecule has 0 saturated heterocycles. The molecule has 0 spiro atoms. The van der Waals surface area contributed by atoms with E-state index in [0.29, 0.717) is 0 Å². The average molecular weight is 472 g/mol. The lowest BCUT2D eigenvalue weighted by Gasteiger charge is -2.18. The minimum Gasteiger partial charge on any atom is -0.480 e. The molecule has 176 valence electrons. The summed E-state index contributed by atoms with van der Waals surface area (Å²) in [5.74, 6) is -0.776. The molecular weight excluding hydrogens is 451 g/mol. The molecule has 1 aliphatic rings. The monoisotopic (exact) mass is 472 g/mol. The van der Waals surface area contributed by atoms with Crippen LogP contribution in [0.5, 0.6) is 0 Å². The number of nitrogens with one attached hydrogen (secondary N) is 1. The summed E-state index contributed by atoms with van der Waals surface area (Å²) in [6.07, 6.45) is 4.39. The Morgan fingerprint density at radius 1 is 1.03 bits per heavy atom. The van der Waals surface area contributed by atoms with E-state index in [2.05, 4.69) is 11.2 Å². The summed E-state index contributed by atoms with van der Waals surface area (Å²) in [5.41, 5.74) is 4.10. The van der Waals surface area contributed by atoms with E-state index >= 15 is 0 Å². The largest absolute Gasteiger partial charge is 0.480 e. The molecule has 7 nitrogen and oxygen atoms in total. The predicted molar refractivity (Wildman–Crippen MR) is 127 cm³/mol. The normalized spacial score (nSPS) is 11.7. The Morgan fingerprint density at radius 2 is 1.66 bits per heavy atom. The molecule has 0 aliphatic heterocycles. The number of aliphatic carboxylic acids is 1. The molecule has 0 fully saturated rings. The minimum atomic E-state index is -1.26. The van der Waals surface area contributed by atoms with Crippen LogP contribution in [-0.4, -0.2) is 47.7 Å². The van der Waals surface area contributed by atoms with Gasteiger partial charge in [-0.05, 0) is 40.5 Å². The number of halogens is 1. The molecule has 2 amide bonds. The third kappa shape index (κ3) is 5.14. The van der Waals surface area contributed by atoms with Crippen molar-refractivity contribution in [3.8, 4) is 23.5 Å². The Balaban J connectivity index is 1.47. The van der Waals surface area contributed by atoms with Crippen LogP contribution in [0.1, 0.15) is 27.4 Å². The van der Waals surface area contributed by atoms with Crippen LogP contribution in [-0.2, 0) is 9.53 Å². The van der Waals surface area contributed by atoms with Gasteiger partial charge < -0.3 is 14.7 Å². The van der Waals surface area contributed by atoms with Gasteiger partial charge in [-0.1, -0.05) is 54.5 Å². The van der Waals surface area contributed by atoms with Gasteiger partial charge in [0.1, 0.15) is 19.0 Å². The number of carboxylic acid groups (broad SMARTS) is 1. The first-order valence-corrected chi connectivity index (χ1v) is 10.7. The van der Waals surface area contributed by atoms with Gasteiger partial charge in [-0.25, -0.2) is 9.18 Å². The van der Waals surface area contributed by atoms with Crippen molar-refractivity contribution in [2.75, 3.05) is 25.0 Å². The lowest BCUT2D eigenvalue weighted by atomic mass is 9.98. The van der Waals surface area contributed by atoms with Gasteiger partial charge >= 0.3 is 12.1 Å². The molecule has 2 N–H and O–H groups in total. The zero-order chi connectivity index (χ0) is 24.9. The van der Waals surface area contributed by atoms with Gasteiger partial charge in [0, 0.05) is 17.2 Å². The average Bonchev–Trinajstić information content (AvgIpc) is 3.15. The van der Waals surface area contributed by atoms with Crippen LogP contribution in [0.3, 0.4) is 0 Å². The summed E-state index contributed by atoms with van der Waals surface area (Å²) in [4.78, 5) is 37.1. The number of carboxylic acids is 1. The number of benzene rings is 3. The zero-order valence-corrected chi connectivity index (χ0v) is 18.5. The molecule has 1 aliphatic carbocycles. The first-order chi connectivity index (χ1) is 16.9. The first-order valence-electron chi connectivity index (χ1n) is 10.7. The van der Waals surface area contributed by atoms with Crippen molar-refractivity contribution in [3.63, 3.8) is 0 Å². The summed E-state index contributed by atoms with van der Waals surface area (Å²) in [6, 6.07) is 19.0. The highest BCUT2D eigenvalue weighted by molar-refractivity contribution is 5.97. The van der Waals surface area contributed by atoms with E-state index in [1.807, 2.05) is 48.5 Å². The molecule has 0 saturated carbocycles. The molecule has 0 heterocycles. The van der Waals surface area contributed by atoms with Crippen LogP contribution in [0.2, 0.25) is 0 Å². The highest BCUT2D eigenvalue weighted by Gasteiger charge is 2.29. The lowest BCUT2D eigenvalue weighted by Crippen LogP contribution is -2.36. The third-order valence-corrected chi connectivity index (χ3v) is 5.63. The molecule has 0 radical (unpaired) electrons. The van der Waals surface area contributed by atoms with Gasteiger partial charge in [0.25, 0.3) is 5.91 Å². The van der Waals surface area contributed by atoms with E-state index in [9.17, 15) is 18.8 Å². The zero-order valence-electron chi connectivity index (χ0n) is 18.5. The number of carbonyl (C=O) groups excluding carboxylic acids is 2. The van der Waals surface area contributed by atoms with Gasteiger partial charge in [-0.15, -0.1) is 6.42 Å². The molecule has 0 aromatic heterocycles. The van der Waals surface area contributed by atoms with Gasteiger partial charge in [0.15, 0.2) is 0 Å². The van der Waals surface area contributed by atoms with Crippen molar-refractivity contribution in [1.82, 2.24) is 4.90 Å². The number of ether oxygens (including phenoxy) is 1. The van der Waals surface area contributed by atoms with Crippen molar-refractivity contribution in [3.05, 3.63) is 89.2 Å². The molecule has 0 unspecified atom stereocenters. The summed E-state index contributed by atoms with van der Waals surface area (Å²) >= 11 is 0. The molecule has 4 rings (SSSR count). The minimum absolute atomic E-state index is 0.0124. The molecule has 8 heteroatoms. The molecule has 0 atom stereocenters. The van der Waals surface area contributed by atoms with Crippen LogP contribution in [0.25, 0.3) is 11.1 Å². The summed E-state index contributed by atoms with van der Waals surface area (Å²) < 4.78 is 19.6. The number of rotatable bonds is 7. The maximum Gasteiger partial charge on any atom is 0.411 e. The van der Waals surface area contributed by atoms with E-state index < -0.39 is 30.3 Å². The van der Waals surface area contributed by atoms with Crippen LogP contribution in [0, 0.1) is 18.2 Å². The second-order valence-electron chi connectivity index (χ2n) is 7.94. The lowest BCUT2D eigenvalue weighted by molar-refractivity contribution is -0.137. The maximum atomic E-state index is 14.2. The Hall–Kier alpha value is -4.64. The van der Waals surface area contributed by atoms with Crippen molar-refractivity contribution in [2.45, 2.75) is 5.92 Å². The Kier molecular flexibility index (Phi) is 6.78. The highest BCUT2D eigenvalue weighted by Crippen LogP contribution is 2.44. The van der Waals surface area contributed by atoms with Crippen molar-refractivity contribution in [1.29, 1.82) is 0 Å². The first kappa shape index (κ1) is 23.5. The number of terminal acetylenes is 1. The molecule has 3 aromatic rings. The SMILES string of the molecule is C#CCN(CC(=O)O)C(=O)c1cc(F)cc(NC(=O)OCC2c3ccccc3-c3ccccc32)c1. The third-order valence-electron chi connectivity index (χ3n) is 5.63. The van der Waals surface area contributed by atoms with Crippen LogP contribution < -0.4 is 5.32 Å². The van der Waals surface area contributed by atoms with Gasteiger partial charge in [0.05, 0.1) is 6.54 Å². The van der Waals surface area contributed by atoms with Crippen LogP contribution in [0.4, 0.5) is 14.9 Å². The number of fused-ring (bicyclic) bond motifs is 3. The van der Waals surface area contributed by atoms with Crippen molar-refractivity contribution < 1.29 is 28.6 Å². The van der Waals surface area contributed by atoms with E-state index in [1.54, 1.807) is 0 Å². The molecular formula is C27H21FN2O5.